The fourth-order valence-electron chi connectivity index (χ4n) is 3.40. The molecule has 7 nitrogen and oxygen atoms in total. The summed E-state index contributed by atoms with van der Waals surface area (Å²) in [5, 5.41) is 0.691. The Morgan fingerprint density at radius 2 is 1.93 bits per heavy atom. The van der Waals surface area contributed by atoms with Gasteiger partial charge in [0.05, 0.1) is 36.3 Å². The molecule has 2 heterocycles. The van der Waals surface area contributed by atoms with Crippen molar-refractivity contribution in [1.82, 2.24) is 9.80 Å². The molecule has 0 saturated carbocycles. The van der Waals surface area contributed by atoms with E-state index in [1.807, 2.05) is 18.2 Å². The first-order valence-electron chi connectivity index (χ1n) is 9.54. The highest BCUT2D eigenvalue weighted by molar-refractivity contribution is 8.04. The van der Waals surface area contributed by atoms with Gasteiger partial charge in [0.2, 0.25) is 5.91 Å². The number of hydrogen-bond acceptors (Lipinski definition) is 7. The third-order valence-electron chi connectivity index (χ3n) is 4.88. The summed E-state index contributed by atoms with van der Waals surface area (Å²) in [4.78, 5) is 30.3. The molecule has 152 valence electrons. The lowest BCUT2D eigenvalue weighted by Gasteiger charge is -2.37. The van der Waals surface area contributed by atoms with E-state index in [1.165, 1.54) is 17.8 Å². The van der Waals surface area contributed by atoms with E-state index in [-0.39, 0.29) is 5.91 Å². The molecule has 2 aliphatic rings. The first kappa shape index (κ1) is 20.5. The Morgan fingerprint density at radius 3 is 2.64 bits per heavy atom. The number of anilines is 1. The van der Waals surface area contributed by atoms with E-state index in [4.69, 9.17) is 9.47 Å². The molecule has 1 aromatic carbocycles. The van der Waals surface area contributed by atoms with Crippen LogP contribution in [0.15, 0.2) is 35.4 Å². The monoisotopic (exact) mass is 405 g/mol. The summed E-state index contributed by atoms with van der Waals surface area (Å²) in [5.41, 5.74) is 1.12. The van der Waals surface area contributed by atoms with Gasteiger partial charge in [-0.15, -0.1) is 0 Å². The Balaban J connectivity index is 1.52. The second-order valence-corrected chi connectivity index (χ2v) is 7.56. The van der Waals surface area contributed by atoms with E-state index in [1.54, 1.807) is 18.9 Å². The van der Waals surface area contributed by atoms with Gasteiger partial charge in [0.15, 0.2) is 0 Å². The number of carbonyl (C=O) groups is 2. The number of thioether (sulfide) groups is 1. The molecule has 0 radical (unpaired) electrons. The second kappa shape index (κ2) is 9.84. The number of para-hydroxylation sites is 2. The van der Waals surface area contributed by atoms with Crippen LogP contribution in [-0.2, 0) is 14.3 Å². The molecule has 2 aliphatic heterocycles. The van der Waals surface area contributed by atoms with Crippen molar-refractivity contribution in [2.75, 3.05) is 63.6 Å². The first-order valence-corrected chi connectivity index (χ1v) is 10.5. The largest absolute Gasteiger partial charge is 0.495 e. The van der Waals surface area contributed by atoms with Crippen molar-refractivity contribution in [3.8, 4) is 5.75 Å². The van der Waals surface area contributed by atoms with Crippen molar-refractivity contribution >= 4 is 29.3 Å². The summed E-state index contributed by atoms with van der Waals surface area (Å²) in [7, 11) is 1.70. The normalized spacial score (nSPS) is 19.4. The molecule has 0 bridgehead atoms. The molecule has 28 heavy (non-hydrogen) atoms. The quantitative estimate of drug-likeness (QED) is 0.506. The van der Waals surface area contributed by atoms with Gasteiger partial charge in [-0.3, -0.25) is 9.69 Å². The number of esters is 1. The third-order valence-corrected chi connectivity index (χ3v) is 5.90. The minimum Gasteiger partial charge on any atom is -0.495 e. The lowest BCUT2D eigenvalue weighted by atomic mass is 10.2. The summed E-state index contributed by atoms with van der Waals surface area (Å²) < 4.78 is 10.4. The number of amides is 1. The number of rotatable bonds is 7. The van der Waals surface area contributed by atoms with Crippen molar-refractivity contribution in [3.63, 3.8) is 0 Å². The second-order valence-electron chi connectivity index (χ2n) is 6.57. The first-order chi connectivity index (χ1) is 13.6. The summed E-state index contributed by atoms with van der Waals surface area (Å²) in [6.07, 6.45) is 1.43. The molecule has 0 unspecified atom stereocenters. The third kappa shape index (κ3) is 4.99. The highest BCUT2D eigenvalue weighted by atomic mass is 32.2. The number of nitrogens with zero attached hydrogens (tertiary/aromatic N) is 3. The fourth-order valence-corrected chi connectivity index (χ4v) is 4.35. The van der Waals surface area contributed by atoms with Gasteiger partial charge in [-0.05, 0) is 19.1 Å². The Labute approximate surface area is 170 Å². The van der Waals surface area contributed by atoms with Crippen molar-refractivity contribution in [2.45, 2.75) is 6.92 Å². The van der Waals surface area contributed by atoms with Crippen LogP contribution < -0.4 is 9.64 Å². The number of hydrogen-bond donors (Lipinski definition) is 0. The number of benzene rings is 1. The number of carbonyl (C=O) groups excluding carboxylic acids is 2. The Hall–Kier alpha value is -2.19. The van der Waals surface area contributed by atoms with E-state index in [0.29, 0.717) is 23.9 Å². The smallest absolute Gasteiger partial charge is 0.333 e. The maximum absolute atomic E-state index is 12.2. The van der Waals surface area contributed by atoms with Crippen LogP contribution in [0, 0.1) is 0 Å². The summed E-state index contributed by atoms with van der Waals surface area (Å²) in [5.74, 6) is 0.931. The zero-order valence-electron chi connectivity index (χ0n) is 16.4. The molecule has 0 atom stereocenters. The fraction of sp³-hybridized carbons (Fsp3) is 0.500. The van der Waals surface area contributed by atoms with Gasteiger partial charge in [-0.1, -0.05) is 23.9 Å². The number of piperazine rings is 1. The molecule has 1 amide bonds. The number of ether oxygens (including phenoxy) is 2. The molecule has 0 spiro atoms. The van der Waals surface area contributed by atoms with E-state index >= 15 is 0 Å². The van der Waals surface area contributed by atoms with Gasteiger partial charge >= 0.3 is 5.97 Å². The maximum atomic E-state index is 12.2. The van der Waals surface area contributed by atoms with Gasteiger partial charge in [-0.2, -0.15) is 0 Å². The molecular weight excluding hydrogens is 378 g/mol. The zero-order valence-corrected chi connectivity index (χ0v) is 17.2. The van der Waals surface area contributed by atoms with Crippen LogP contribution in [0.4, 0.5) is 5.69 Å². The summed E-state index contributed by atoms with van der Waals surface area (Å²) >= 11 is 1.40. The van der Waals surface area contributed by atoms with Crippen LogP contribution in [0.25, 0.3) is 0 Å². The van der Waals surface area contributed by atoms with Crippen molar-refractivity contribution in [3.05, 3.63) is 35.4 Å². The summed E-state index contributed by atoms with van der Waals surface area (Å²) in [6, 6.07) is 8.07. The van der Waals surface area contributed by atoms with E-state index in [0.717, 1.165) is 44.2 Å². The van der Waals surface area contributed by atoms with Gasteiger partial charge in [0.1, 0.15) is 5.75 Å². The molecule has 0 aliphatic carbocycles. The molecule has 1 aromatic rings. The van der Waals surface area contributed by atoms with Crippen LogP contribution in [0.2, 0.25) is 0 Å². The average Bonchev–Trinajstić information content (AvgIpc) is 3.06. The van der Waals surface area contributed by atoms with Crippen LogP contribution in [0.5, 0.6) is 5.75 Å². The van der Waals surface area contributed by atoms with Crippen LogP contribution in [0.3, 0.4) is 0 Å². The molecule has 3 rings (SSSR count). The SMILES string of the molecule is CCOC(=O)/C=C1\SCC(=O)N1CCN1CCN(c2ccccc2OC)CC1. The van der Waals surface area contributed by atoms with Crippen LogP contribution >= 0.6 is 11.8 Å². The summed E-state index contributed by atoms with van der Waals surface area (Å²) in [6.45, 7) is 7.14. The molecule has 0 N–H and O–H groups in total. The predicted octanol–water partition coefficient (Wildman–Crippen LogP) is 1.80. The molecule has 8 heteroatoms. The van der Waals surface area contributed by atoms with Crippen molar-refractivity contribution in [2.24, 2.45) is 0 Å². The molecule has 0 aromatic heterocycles. The highest BCUT2D eigenvalue weighted by Gasteiger charge is 2.28. The lowest BCUT2D eigenvalue weighted by molar-refractivity contribution is -0.137. The van der Waals surface area contributed by atoms with Gasteiger partial charge in [0, 0.05) is 39.3 Å². The van der Waals surface area contributed by atoms with Gasteiger partial charge in [0.25, 0.3) is 0 Å². The highest BCUT2D eigenvalue weighted by Crippen LogP contribution is 2.30. The van der Waals surface area contributed by atoms with E-state index in [2.05, 4.69) is 15.9 Å². The van der Waals surface area contributed by atoms with Gasteiger partial charge in [-0.25, -0.2) is 4.79 Å². The molecule has 2 saturated heterocycles. The molecular formula is C20H27N3O4S. The Morgan fingerprint density at radius 1 is 1.18 bits per heavy atom. The van der Waals surface area contributed by atoms with Crippen LogP contribution in [-0.4, -0.2) is 80.4 Å². The minimum atomic E-state index is -0.393. The standard InChI is InChI=1S/C20H27N3O4S/c1-3-27-20(25)14-19-23(18(24)15-28-19)13-10-21-8-11-22(12-9-21)16-6-4-5-7-17(16)26-2/h4-7,14H,3,8-13,15H2,1-2H3/b19-14-. The van der Waals surface area contributed by atoms with E-state index in [9.17, 15) is 9.59 Å². The predicted molar refractivity (Wildman–Crippen MR) is 111 cm³/mol. The average molecular weight is 406 g/mol. The maximum Gasteiger partial charge on any atom is 0.333 e. The van der Waals surface area contributed by atoms with E-state index < -0.39 is 5.97 Å². The van der Waals surface area contributed by atoms with Crippen molar-refractivity contribution in [1.29, 1.82) is 0 Å². The minimum absolute atomic E-state index is 0.0493. The van der Waals surface area contributed by atoms with Gasteiger partial charge < -0.3 is 19.3 Å². The molecule has 2 fully saturated rings. The Kier molecular flexibility index (Phi) is 7.22. The topological polar surface area (TPSA) is 62.3 Å². The number of methoxy groups -OCH3 is 1. The zero-order chi connectivity index (χ0) is 19.9. The Bertz CT molecular complexity index is 732. The van der Waals surface area contributed by atoms with Crippen molar-refractivity contribution < 1.29 is 19.1 Å². The van der Waals surface area contributed by atoms with Crippen LogP contribution in [0.1, 0.15) is 6.92 Å². The lowest BCUT2D eigenvalue weighted by Crippen LogP contribution is -2.48.